The summed E-state index contributed by atoms with van der Waals surface area (Å²) in [6.45, 7) is 2.62. The fraction of sp³-hybridized carbons (Fsp3) is 0.200. The number of nitrogen functional groups attached to an aromatic ring is 1. The van der Waals surface area contributed by atoms with E-state index in [0.717, 1.165) is 27.9 Å². The molecular formula is C15H16BrNO. The summed E-state index contributed by atoms with van der Waals surface area (Å²) < 4.78 is 6.82. The highest BCUT2D eigenvalue weighted by molar-refractivity contribution is 9.10. The van der Waals surface area contributed by atoms with Crippen molar-refractivity contribution in [2.75, 3.05) is 5.73 Å². The van der Waals surface area contributed by atoms with Gasteiger partial charge in [0, 0.05) is 15.7 Å². The second-order valence-corrected chi connectivity index (χ2v) is 5.01. The third-order valence-corrected chi connectivity index (χ3v) is 3.34. The highest BCUT2D eigenvalue weighted by Crippen LogP contribution is 2.23. The van der Waals surface area contributed by atoms with E-state index < -0.39 is 0 Å². The van der Waals surface area contributed by atoms with E-state index in [2.05, 4.69) is 28.9 Å². The van der Waals surface area contributed by atoms with Gasteiger partial charge in [0.05, 0.1) is 0 Å². The molecule has 0 saturated carbocycles. The number of nitrogens with two attached hydrogens (primary N) is 1. The summed E-state index contributed by atoms with van der Waals surface area (Å²) in [5.41, 5.74) is 8.91. The number of benzene rings is 2. The molecule has 0 aliphatic carbocycles. The number of anilines is 1. The Morgan fingerprint density at radius 2 is 1.89 bits per heavy atom. The smallest absolute Gasteiger partial charge is 0.122 e. The van der Waals surface area contributed by atoms with Gasteiger partial charge in [0.2, 0.25) is 0 Å². The number of para-hydroxylation sites is 1. The van der Waals surface area contributed by atoms with Crippen molar-refractivity contribution in [2.45, 2.75) is 20.0 Å². The van der Waals surface area contributed by atoms with Gasteiger partial charge in [-0.3, -0.25) is 0 Å². The number of hydrogen-bond donors (Lipinski definition) is 1. The third-order valence-electron chi connectivity index (χ3n) is 2.84. The third kappa shape index (κ3) is 3.05. The van der Waals surface area contributed by atoms with Gasteiger partial charge in [0.1, 0.15) is 12.4 Å². The average Bonchev–Trinajstić information content (AvgIpc) is 2.38. The minimum Gasteiger partial charge on any atom is -0.489 e. The largest absolute Gasteiger partial charge is 0.489 e. The minimum absolute atomic E-state index is 0.496. The summed E-state index contributed by atoms with van der Waals surface area (Å²) in [5, 5.41) is 0. The Hall–Kier alpha value is -1.48. The zero-order valence-electron chi connectivity index (χ0n) is 10.3. The lowest BCUT2D eigenvalue weighted by atomic mass is 10.1. The van der Waals surface area contributed by atoms with Crippen molar-refractivity contribution in [1.29, 1.82) is 0 Å². The van der Waals surface area contributed by atoms with Crippen LogP contribution in [0.25, 0.3) is 0 Å². The molecule has 2 nitrogen and oxygen atoms in total. The van der Waals surface area contributed by atoms with Crippen molar-refractivity contribution in [3.8, 4) is 5.75 Å². The summed E-state index contributed by atoms with van der Waals surface area (Å²) in [6.07, 6.45) is 0.964. The second kappa shape index (κ2) is 5.91. The van der Waals surface area contributed by atoms with Gasteiger partial charge in [0.15, 0.2) is 0 Å². The van der Waals surface area contributed by atoms with Gasteiger partial charge in [-0.25, -0.2) is 0 Å². The fourth-order valence-corrected chi connectivity index (χ4v) is 2.17. The topological polar surface area (TPSA) is 35.2 Å². The fourth-order valence-electron chi connectivity index (χ4n) is 1.79. The van der Waals surface area contributed by atoms with Crippen molar-refractivity contribution < 1.29 is 4.74 Å². The van der Waals surface area contributed by atoms with Crippen LogP contribution in [0.1, 0.15) is 18.1 Å². The maximum Gasteiger partial charge on any atom is 0.122 e. The first kappa shape index (κ1) is 13.0. The average molecular weight is 306 g/mol. The minimum atomic E-state index is 0.496. The van der Waals surface area contributed by atoms with Gasteiger partial charge in [-0.05, 0) is 30.2 Å². The van der Waals surface area contributed by atoms with E-state index in [1.165, 1.54) is 5.56 Å². The second-order valence-electron chi connectivity index (χ2n) is 4.09. The summed E-state index contributed by atoms with van der Waals surface area (Å²) in [6, 6.07) is 13.9. The zero-order valence-corrected chi connectivity index (χ0v) is 11.9. The van der Waals surface area contributed by atoms with Crippen molar-refractivity contribution in [2.24, 2.45) is 0 Å². The highest BCUT2D eigenvalue weighted by Gasteiger charge is 2.04. The lowest BCUT2D eigenvalue weighted by Crippen LogP contribution is -2.01. The van der Waals surface area contributed by atoms with E-state index in [1.807, 2.05) is 36.4 Å². The van der Waals surface area contributed by atoms with E-state index in [0.29, 0.717) is 6.61 Å². The van der Waals surface area contributed by atoms with Crippen LogP contribution < -0.4 is 10.5 Å². The van der Waals surface area contributed by atoms with E-state index in [9.17, 15) is 0 Å². The molecule has 94 valence electrons. The Morgan fingerprint density at radius 3 is 2.61 bits per heavy atom. The molecule has 18 heavy (non-hydrogen) atoms. The van der Waals surface area contributed by atoms with Crippen LogP contribution in [0.5, 0.6) is 5.75 Å². The number of halogens is 1. The molecule has 0 amide bonds. The highest BCUT2D eigenvalue weighted by atomic mass is 79.9. The monoisotopic (exact) mass is 305 g/mol. The molecule has 0 unspecified atom stereocenters. The van der Waals surface area contributed by atoms with Crippen LogP contribution in [-0.2, 0) is 13.0 Å². The van der Waals surface area contributed by atoms with Gasteiger partial charge >= 0.3 is 0 Å². The van der Waals surface area contributed by atoms with E-state index in [-0.39, 0.29) is 0 Å². The normalized spacial score (nSPS) is 10.3. The Bertz CT molecular complexity index is 540. The summed E-state index contributed by atoms with van der Waals surface area (Å²) >= 11 is 3.39. The van der Waals surface area contributed by atoms with Crippen LogP contribution in [0.15, 0.2) is 46.9 Å². The summed E-state index contributed by atoms with van der Waals surface area (Å²) in [5.74, 6) is 0.933. The molecule has 0 atom stereocenters. The molecule has 0 bridgehead atoms. The Balaban J connectivity index is 2.11. The van der Waals surface area contributed by atoms with Crippen LogP contribution in [0.2, 0.25) is 0 Å². The molecule has 2 rings (SSSR count). The van der Waals surface area contributed by atoms with E-state index in [4.69, 9.17) is 10.5 Å². The van der Waals surface area contributed by atoms with Gasteiger partial charge in [-0.1, -0.05) is 47.1 Å². The Morgan fingerprint density at radius 1 is 1.11 bits per heavy atom. The Kier molecular flexibility index (Phi) is 4.26. The van der Waals surface area contributed by atoms with Gasteiger partial charge in [-0.2, -0.15) is 0 Å². The van der Waals surface area contributed by atoms with Crippen LogP contribution in [0.3, 0.4) is 0 Å². The van der Waals surface area contributed by atoms with E-state index >= 15 is 0 Å². The van der Waals surface area contributed by atoms with Crippen molar-refractivity contribution in [3.05, 3.63) is 58.1 Å². The van der Waals surface area contributed by atoms with Crippen LogP contribution >= 0.6 is 15.9 Å². The molecule has 0 heterocycles. The first-order valence-electron chi connectivity index (χ1n) is 5.95. The molecule has 2 N–H and O–H groups in total. The molecule has 0 saturated heterocycles. The van der Waals surface area contributed by atoms with Crippen LogP contribution in [-0.4, -0.2) is 0 Å². The van der Waals surface area contributed by atoms with Crippen molar-refractivity contribution >= 4 is 21.6 Å². The first-order valence-corrected chi connectivity index (χ1v) is 6.74. The molecular weight excluding hydrogens is 290 g/mol. The van der Waals surface area contributed by atoms with Gasteiger partial charge < -0.3 is 10.5 Å². The van der Waals surface area contributed by atoms with Crippen molar-refractivity contribution in [3.63, 3.8) is 0 Å². The van der Waals surface area contributed by atoms with Gasteiger partial charge in [-0.15, -0.1) is 0 Å². The number of aryl methyl sites for hydroxylation is 1. The molecule has 0 radical (unpaired) electrons. The Labute approximate surface area is 116 Å². The molecule has 3 heteroatoms. The number of hydrogen-bond acceptors (Lipinski definition) is 2. The quantitative estimate of drug-likeness (QED) is 0.860. The first-order chi connectivity index (χ1) is 8.70. The molecule has 2 aromatic rings. The summed E-state index contributed by atoms with van der Waals surface area (Å²) in [7, 11) is 0. The summed E-state index contributed by atoms with van der Waals surface area (Å²) in [4.78, 5) is 0. The molecule has 0 aromatic heterocycles. The molecule has 0 aliphatic rings. The lowest BCUT2D eigenvalue weighted by Gasteiger charge is -2.11. The molecule has 0 aliphatic heterocycles. The predicted octanol–water partition coefficient (Wildman–Crippen LogP) is 4.17. The molecule has 2 aromatic carbocycles. The SMILES string of the molecule is CCc1ccccc1OCc1ccc(Br)cc1N. The van der Waals surface area contributed by atoms with Crippen molar-refractivity contribution in [1.82, 2.24) is 0 Å². The molecule has 0 fully saturated rings. The zero-order chi connectivity index (χ0) is 13.0. The van der Waals surface area contributed by atoms with Gasteiger partial charge in [0.25, 0.3) is 0 Å². The number of ether oxygens (including phenoxy) is 1. The standard InChI is InChI=1S/C15H16BrNO/c1-2-11-5-3-4-6-15(11)18-10-12-7-8-13(16)9-14(12)17/h3-9H,2,10,17H2,1H3. The predicted molar refractivity (Wildman–Crippen MR) is 78.7 cm³/mol. The lowest BCUT2D eigenvalue weighted by molar-refractivity contribution is 0.304. The maximum absolute atomic E-state index is 5.95. The maximum atomic E-state index is 5.95. The number of rotatable bonds is 4. The van der Waals surface area contributed by atoms with Crippen LogP contribution in [0.4, 0.5) is 5.69 Å². The van der Waals surface area contributed by atoms with E-state index in [1.54, 1.807) is 0 Å². The molecule has 0 spiro atoms. The van der Waals surface area contributed by atoms with Crippen LogP contribution in [0, 0.1) is 0 Å².